The SMILES string of the molecule is Cl.N[C@H](c1cccs1)c1cccc(C(F)(F)F)c1Cl. The van der Waals surface area contributed by atoms with Gasteiger partial charge in [0.1, 0.15) is 0 Å². The van der Waals surface area contributed by atoms with E-state index in [1.165, 1.54) is 23.5 Å². The maximum absolute atomic E-state index is 12.7. The lowest BCUT2D eigenvalue weighted by Gasteiger charge is -2.16. The van der Waals surface area contributed by atoms with E-state index in [-0.39, 0.29) is 23.0 Å². The second-order valence-corrected chi connectivity index (χ2v) is 5.06. The molecule has 0 unspecified atom stereocenters. The third kappa shape index (κ3) is 3.42. The van der Waals surface area contributed by atoms with E-state index in [0.29, 0.717) is 0 Å². The summed E-state index contributed by atoms with van der Waals surface area (Å²) in [6.45, 7) is 0. The fraction of sp³-hybridized carbons (Fsp3) is 0.167. The van der Waals surface area contributed by atoms with Crippen LogP contribution in [0.1, 0.15) is 22.0 Å². The number of nitrogens with two attached hydrogens (primary N) is 1. The maximum Gasteiger partial charge on any atom is 0.417 e. The van der Waals surface area contributed by atoms with Crippen LogP contribution < -0.4 is 5.73 Å². The Morgan fingerprint density at radius 3 is 2.37 bits per heavy atom. The number of rotatable bonds is 2. The fourth-order valence-corrected chi connectivity index (χ4v) is 2.73. The highest BCUT2D eigenvalue weighted by atomic mass is 35.5. The van der Waals surface area contributed by atoms with E-state index in [2.05, 4.69) is 0 Å². The van der Waals surface area contributed by atoms with Crippen molar-refractivity contribution in [2.75, 3.05) is 0 Å². The molecule has 0 saturated heterocycles. The van der Waals surface area contributed by atoms with Gasteiger partial charge in [-0.05, 0) is 23.1 Å². The van der Waals surface area contributed by atoms with Gasteiger partial charge in [-0.25, -0.2) is 0 Å². The number of alkyl halides is 3. The van der Waals surface area contributed by atoms with Gasteiger partial charge in [0.25, 0.3) is 0 Å². The van der Waals surface area contributed by atoms with Crippen LogP contribution in [0.3, 0.4) is 0 Å². The van der Waals surface area contributed by atoms with Crippen LogP contribution in [-0.4, -0.2) is 0 Å². The normalized spacial score (nSPS) is 12.9. The molecule has 1 atom stereocenters. The number of hydrogen-bond donors (Lipinski definition) is 1. The molecule has 0 fully saturated rings. The predicted octanol–water partition coefficient (Wildman–Crippen LogP) is 4.89. The Morgan fingerprint density at radius 1 is 1.16 bits per heavy atom. The van der Waals surface area contributed by atoms with Crippen LogP contribution in [0.4, 0.5) is 13.2 Å². The van der Waals surface area contributed by atoms with Crippen LogP contribution in [0.25, 0.3) is 0 Å². The molecule has 2 aromatic rings. The van der Waals surface area contributed by atoms with Gasteiger partial charge in [0.2, 0.25) is 0 Å². The van der Waals surface area contributed by atoms with Gasteiger partial charge < -0.3 is 5.73 Å². The second kappa shape index (κ2) is 6.13. The molecule has 1 aromatic carbocycles. The largest absolute Gasteiger partial charge is 0.417 e. The van der Waals surface area contributed by atoms with Crippen molar-refractivity contribution in [2.45, 2.75) is 12.2 Å². The number of hydrogen-bond acceptors (Lipinski definition) is 2. The lowest BCUT2D eigenvalue weighted by atomic mass is 10.0. The highest BCUT2D eigenvalue weighted by molar-refractivity contribution is 7.10. The average molecular weight is 328 g/mol. The average Bonchev–Trinajstić information content (AvgIpc) is 2.80. The minimum absolute atomic E-state index is 0. The Hall–Kier alpha value is -0.750. The second-order valence-electron chi connectivity index (χ2n) is 3.70. The first kappa shape index (κ1) is 16.3. The number of halogens is 5. The van der Waals surface area contributed by atoms with Crippen molar-refractivity contribution >= 4 is 35.3 Å². The number of thiophene rings is 1. The molecule has 104 valence electrons. The standard InChI is InChI=1S/C12H9ClF3NS.ClH/c13-10-7(11(17)9-5-2-6-18-9)3-1-4-8(10)12(14,15)16;/h1-6,11H,17H2;1H/t11-;/m0./s1. The molecule has 19 heavy (non-hydrogen) atoms. The van der Waals surface area contributed by atoms with E-state index in [1.807, 2.05) is 5.38 Å². The molecule has 0 aliphatic rings. The highest BCUT2D eigenvalue weighted by Gasteiger charge is 2.34. The van der Waals surface area contributed by atoms with Crippen molar-refractivity contribution in [3.05, 3.63) is 56.7 Å². The first-order chi connectivity index (χ1) is 8.41. The zero-order chi connectivity index (χ0) is 13.3. The Bertz CT molecular complexity index is 540. The van der Waals surface area contributed by atoms with Gasteiger partial charge in [-0.2, -0.15) is 13.2 Å². The molecule has 0 aliphatic heterocycles. The van der Waals surface area contributed by atoms with Crippen molar-refractivity contribution in [1.82, 2.24) is 0 Å². The Morgan fingerprint density at radius 2 is 1.84 bits per heavy atom. The monoisotopic (exact) mass is 327 g/mol. The quantitative estimate of drug-likeness (QED) is 0.834. The van der Waals surface area contributed by atoms with E-state index >= 15 is 0 Å². The van der Waals surface area contributed by atoms with Crippen LogP contribution in [0, 0.1) is 0 Å². The zero-order valence-corrected chi connectivity index (χ0v) is 11.8. The minimum atomic E-state index is -4.47. The molecule has 0 spiro atoms. The maximum atomic E-state index is 12.7. The molecule has 1 aromatic heterocycles. The minimum Gasteiger partial charge on any atom is -0.320 e. The zero-order valence-electron chi connectivity index (χ0n) is 9.45. The van der Waals surface area contributed by atoms with E-state index in [0.717, 1.165) is 10.9 Å². The van der Waals surface area contributed by atoms with E-state index in [1.54, 1.807) is 12.1 Å². The van der Waals surface area contributed by atoms with Crippen LogP contribution in [-0.2, 0) is 6.18 Å². The molecule has 2 rings (SSSR count). The molecule has 7 heteroatoms. The first-order valence-electron chi connectivity index (χ1n) is 5.06. The Kier molecular flexibility index (Phi) is 5.26. The molecule has 2 N–H and O–H groups in total. The van der Waals surface area contributed by atoms with Crippen molar-refractivity contribution in [1.29, 1.82) is 0 Å². The van der Waals surface area contributed by atoms with Gasteiger partial charge in [-0.15, -0.1) is 23.7 Å². The van der Waals surface area contributed by atoms with Crippen LogP contribution in [0.5, 0.6) is 0 Å². The molecule has 1 nitrogen and oxygen atoms in total. The summed E-state index contributed by atoms with van der Waals surface area (Å²) in [6, 6.07) is 6.71. The number of benzene rings is 1. The van der Waals surface area contributed by atoms with Gasteiger partial charge >= 0.3 is 6.18 Å². The molecule has 0 aliphatic carbocycles. The van der Waals surface area contributed by atoms with Crippen molar-refractivity contribution in [3.8, 4) is 0 Å². The van der Waals surface area contributed by atoms with Gasteiger partial charge in [-0.3, -0.25) is 0 Å². The summed E-state index contributed by atoms with van der Waals surface area (Å²) >= 11 is 7.19. The van der Waals surface area contributed by atoms with E-state index < -0.39 is 17.8 Å². The van der Waals surface area contributed by atoms with Crippen LogP contribution in [0.15, 0.2) is 35.7 Å². The molecule has 0 saturated carbocycles. The molecule has 0 bridgehead atoms. The topological polar surface area (TPSA) is 26.0 Å². The van der Waals surface area contributed by atoms with Crippen molar-refractivity contribution < 1.29 is 13.2 Å². The summed E-state index contributed by atoms with van der Waals surface area (Å²) in [7, 11) is 0. The van der Waals surface area contributed by atoms with Crippen molar-refractivity contribution in [2.24, 2.45) is 5.73 Å². The lowest BCUT2D eigenvalue weighted by molar-refractivity contribution is -0.137. The van der Waals surface area contributed by atoms with Gasteiger partial charge in [0.05, 0.1) is 16.6 Å². The smallest absolute Gasteiger partial charge is 0.320 e. The summed E-state index contributed by atoms with van der Waals surface area (Å²) in [5.74, 6) is 0. The fourth-order valence-electron chi connectivity index (χ4n) is 1.63. The summed E-state index contributed by atoms with van der Waals surface area (Å²) in [4.78, 5) is 0.774. The third-order valence-electron chi connectivity index (χ3n) is 2.52. The lowest BCUT2D eigenvalue weighted by Crippen LogP contribution is -2.14. The molecular weight excluding hydrogens is 318 g/mol. The highest BCUT2D eigenvalue weighted by Crippen LogP contribution is 2.39. The summed E-state index contributed by atoms with van der Waals surface area (Å²) in [5, 5.41) is 1.49. The predicted molar refractivity (Wildman–Crippen MR) is 74.1 cm³/mol. The molecular formula is C12H10Cl2F3NS. The van der Waals surface area contributed by atoms with Crippen molar-refractivity contribution in [3.63, 3.8) is 0 Å². The van der Waals surface area contributed by atoms with Crippen LogP contribution >= 0.6 is 35.3 Å². The molecule has 0 radical (unpaired) electrons. The summed E-state index contributed by atoms with van der Waals surface area (Å²) in [5.41, 5.74) is 5.37. The van der Waals surface area contributed by atoms with Gasteiger partial charge in [-0.1, -0.05) is 29.8 Å². The first-order valence-corrected chi connectivity index (χ1v) is 6.31. The molecule has 1 heterocycles. The van der Waals surface area contributed by atoms with Crippen LogP contribution in [0.2, 0.25) is 5.02 Å². The summed E-state index contributed by atoms with van der Waals surface area (Å²) < 4.78 is 38.1. The van der Waals surface area contributed by atoms with E-state index in [9.17, 15) is 13.2 Å². The van der Waals surface area contributed by atoms with Gasteiger partial charge in [0.15, 0.2) is 0 Å². The summed E-state index contributed by atoms with van der Waals surface area (Å²) in [6.07, 6.45) is -4.47. The Labute approximate surface area is 123 Å². The Balaban J connectivity index is 0.00000180. The molecule has 0 amide bonds. The van der Waals surface area contributed by atoms with E-state index in [4.69, 9.17) is 17.3 Å². The van der Waals surface area contributed by atoms with Gasteiger partial charge in [0, 0.05) is 4.88 Å². The third-order valence-corrected chi connectivity index (χ3v) is 3.90.